The molecule has 1 amide bonds. The number of thiophene rings is 1. The number of hydrogen-bond donors (Lipinski definition) is 0. The molecule has 0 fully saturated rings. The second-order valence-electron chi connectivity index (χ2n) is 6.31. The summed E-state index contributed by atoms with van der Waals surface area (Å²) in [4.78, 5) is 27.7. The molecule has 136 valence electrons. The smallest absolute Gasteiger partial charge is 0.345 e. The first-order valence-corrected chi connectivity index (χ1v) is 9.80. The number of hydrogen-bond acceptors (Lipinski definition) is 4. The van der Waals surface area contributed by atoms with Crippen molar-refractivity contribution in [1.82, 2.24) is 0 Å². The van der Waals surface area contributed by atoms with Crippen LogP contribution in [0.2, 0.25) is 0 Å². The van der Waals surface area contributed by atoms with Crippen molar-refractivity contribution < 1.29 is 9.21 Å². The molecule has 0 saturated carbocycles. The Morgan fingerprint density at radius 2 is 1.78 bits per heavy atom. The van der Waals surface area contributed by atoms with Crippen molar-refractivity contribution in [3.8, 4) is 0 Å². The largest absolute Gasteiger partial charge is 0.422 e. The van der Waals surface area contributed by atoms with E-state index < -0.39 is 5.63 Å². The van der Waals surface area contributed by atoms with Gasteiger partial charge in [0, 0.05) is 17.6 Å². The molecule has 4 rings (SSSR count). The van der Waals surface area contributed by atoms with Crippen LogP contribution in [0.1, 0.15) is 29.1 Å². The first-order chi connectivity index (χ1) is 13.1. The molecule has 0 saturated heterocycles. The van der Waals surface area contributed by atoms with Gasteiger partial charge < -0.3 is 9.32 Å². The minimum absolute atomic E-state index is 0.105. The van der Waals surface area contributed by atoms with Crippen LogP contribution in [0, 0.1) is 0 Å². The molecule has 2 heterocycles. The maximum atomic E-state index is 13.2. The van der Waals surface area contributed by atoms with Gasteiger partial charge in [0.25, 0.3) is 5.91 Å². The molecule has 0 radical (unpaired) electrons. The number of para-hydroxylation sites is 1. The van der Waals surface area contributed by atoms with Gasteiger partial charge in [-0.15, -0.1) is 11.3 Å². The van der Waals surface area contributed by atoms with Crippen molar-refractivity contribution in [2.45, 2.75) is 20.3 Å². The third-order valence-electron chi connectivity index (χ3n) is 4.71. The summed E-state index contributed by atoms with van der Waals surface area (Å²) in [5, 5.41) is 1.31. The maximum Gasteiger partial charge on any atom is 0.345 e. The molecule has 27 heavy (non-hydrogen) atoms. The summed E-state index contributed by atoms with van der Waals surface area (Å²) >= 11 is 1.34. The summed E-state index contributed by atoms with van der Waals surface area (Å²) in [5.74, 6) is -0.105. The summed E-state index contributed by atoms with van der Waals surface area (Å²) in [6.07, 6.45) is 0.958. The van der Waals surface area contributed by atoms with Gasteiger partial charge in [0.15, 0.2) is 0 Å². The maximum absolute atomic E-state index is 13.2. The van der Waals surface area contributed by atoms with Crippen LogP contribution < -0.4 is 10.5 Å². The monoisotopic (exact) mass is 377 g/mol. The van der Waals surface area contributed by atoms with E-state index >= 15 is 0 Å². The lowest BCUT2D eigenvalue weighted by Gasteiger charge is -2.20. The Bertz CT molecular complexity index is 1190. The number of benzene rings is 2. The molecule has 0 spiro atoms. The molecule has 2 aromatic carbocycles. The van der Waals surface area contributed by atoms with Gasteiger partial charge in [-0.2, -0.15) is 0 Å². The van der Waals surface area contributed by atoms with Crippen molar-refractivity contribution in [2.24, 2.45) is 0 Å². The van der Waals surface area contributed by atoms with Crippen molar-refractivity contribution in [1.29, 1.82) is 0 Å². The Balaban J connectivity index is 1.80. The molecule has 4 aromatic rings. The molecule has 4 nitrogen and oxygen atoms in total. The molecule has 0 atom stereocenters. The van der Waals surface area contributed by atoms with Crippen LogP contribution in [0.15, 0.2) is 63.8 Å². The molecule has 5 heteroatoms. The zero-order chi connectivity index (χ0) is 19.0. The van der Waals surface area contributed by atoms with E-state index in [1.807, 2.05) is 49.4 Å². The highest BCUT2D eigenvalue weighted by atomic mass is 32.1. The first kappa shape index (κ1) is 17.5. The summed E-state index contributed by atoms with van der Waals surface area (Å²) in [6, 6.07) is 17.1. The Morgan fingerprint density at radius 3 is 2.48 bits per heavy atom. The normalized spacial score (nSPS) is 11.2. The fourth-order valence-corrected chi connectivity index (χ4v) is 4.36. The molecule has 0 aliphatic heterocycles. The lowest BCUT2D eigenvalue weighted by atomic mass is 10.1. The van der Waals surface area contributed by atoms with Crippen molar-refractivity contribution >= 4 is 44.0 Å². The number of fused-ring (bicyclic) bond motifs is 3. The van der Waals surface area contributed by atoms with Crippen LogP contribution >= 0.6 is 11.3 Å². The molecule has 2 aromatic heterocycles. The first-order valence-electron chi connectivity index (χ1n) is 8.98. The quantitative estimate of drug-likeness (QED) is 0.457. The summed E-state index contributed by atoms with van der Waals surface area (Å²) in [5.41, 5.74) is 2.22. The van der Waals surface area contributed by atoms with Crippen molar-refractivity contribution in [3.05, 3.63) is 75.5 Å². The molecule has 0 N–H and O–H groups in total. The minimum Gasteiger partial charge on any atom is -0.422 e. The summed E-state index contributed by atoms with van der Waals surface area (Å²) in [6.45, 7) is 4.60. The van der Waals surface area contributed by atoms with Crippen LogP contribution in [0.5, 0.6) is 0 Å². The van der Waals surface area contributed by atoms with Crippen molar-refractivity contribution in [2.75, 3.05) is 11.4 Å². The zero-order valence-electron chi connectivity index (χ0n) is 15.2. The third kappa shape index (κ3) is 3.04. The minimum atomic E-state index is -0.408. The second-order valence-corrected chi connectivity index (χ2v) is 7.36. The highest BCUT2D eigenvalue weighted by molar-refractivity contribution is 7.21. The van der Waals surface area contributed by atoms with Crippen LogP contribution in [-0.4, -0.2) is 12.5 Å². The Morgan fingerprint density at radius 1 is 1.04 bits per heavy atom. The van der Waals surface area contributed by atoms with Gasteiger partial charge >= 0.3 is 5.63 Å². The number of nitrogens with zero attached hydrogens (tertiary/aromatic N) is 1. The average molecular weight is 377 g/mol. The number of anilines is 1. The van der Waals surface area contributed by atoms with Gasteiger partial charge in [-0.1, -0.05) is 31.2 Å². The fourth-order valence-electron chi connectivity index (χ4n) is 3.23. The van der Waals surface area contributed by atoms with Gasteiger partial charge in [0.05, 0.1) is 15.0 Å². The number of aryl methyl sites for hydroxylation is 1. The molecular weight excluding hydrogens is 358 g/mol. The van der Waals surface area contributed by atoms with Crippen LogP contribution in [0.3, 0.4) is 0 Å². The highest BCUT2D eigenvalue weighted by Crippen LogP contribution is 2.32. The fraction of sp³-hybridized carbons (Fsp3) is 0.182. The van der Waals surface area contributed by atoms with E-state index in [-0.39, 0.29) is 5.91 Å². The lowest BCUT2D eigenvalue weighted by Crippen LogP contribution is -2.29. The van der Waals surface area contributed by atoms with E-state index in [1.54, 1.807) is 17.0 Å². The van der Waals surface area contributed by atoms with E-state index in [4.69, 9.17) is 4.42 Å². The number of carbonyl (C=O) groups excluding carboxylic acids is 1. The summed E-state index contributed by atoms with van der Waals surface area (Å²) < 4.78 is 6.19. The van der Waals surface area contributed by atoms with Crippen molar-refractivity contribution in [3.63, 3.8) is 0 Å². The molecule has 0 unspecified atom stereocenters. The number of amides is 1. The van der Waals surface area contributed by atoms with Gasteiger partial charge in [-0.3, -0.25) is 4.79 Å². The molecule has 0 aliphatic carbocycles. The zero-order valence-corrected chi connectivity index (χ0v) is 16.0. The highest BCUT2D eigenvalue weighted by Gasteiger charge is 2.21. The van der Waals surface area contributed by atoms with Crippen LogP contribution in [0.25, 0.3) is 21.1 Å². The average Bonchev–Trinajstić information content (AvgIpc) is 3.15. The van der Waals surface area contributed by atoms with E-state index in [1.165, 1.54) is 16.9 Å². The predicted molar refractivity (Wildman–Crippen MR) is 111 cm³/mol. The van der Waals surface area contributed by atoms with E-state index in [0.29, 0.717) is 22.4 Å². The second kappa shape index (κ2) is 7.00. The summed E-state index contributed by atoms with van der Waals surface area (Å²) in [7, 11) is 0. The molecule has 0 bridgehead atoms. The molecule has 0 aliphatic rings. The van der Waals surface area contributed by atoms with E-state index in [9.17, 15) is 9.59 Å². The number of carbonyl (C=O) groups is 1. The van der Waals surface area contributed by atoms with E-state index in [0.717, 1.165) is 22.2 Å². The predicted octanol–water partition coefficient (Wildman–Crippen LogP) is 5.24. The van der Waals surface area contributed by atoms with Crippen LogP contribution in [0.4, 0.5) is 5.69 Å². The SMILES string of the molecule is CCc1ccc(N(CC)C(=O)c2cc3c(=O)oc4ccccc4c3s2)cc1. The van der Waals surface area contributed by atoms with Gasteiger partial charge in [0.1, 0.15) is 5.58 Å². The third-order valence-corrected chi connectivity index (χ3v) is 5.87. The van der Waals surface area contributed by atoms with Crippen LogP contribution in [-0.2, 0) is 6.42 Å². The van der Waals surface area contributed by atoms with Gasteiger partial charge in [-0.05, 0) is 49.2 Å². The standard InChI is InChI=1S/C22H19NO3S/c1-3-14-9-11-15(12-10-14)23(4-2)21(24)19-13-17-20(27-19)16-7-5-6-8-18(16)26-22(17)25/h5-13H,3-4H2,1-2H3. The Kier molecular flexibility index (Phi) is 4.54. The molecular formula is C22H19NO3S. The van der Waals surface area contributed by atoms with Gasteiger partial charge in [-0.25, -0.2) is 4.79 Å². The Hall–Kier alpha value is -2.92. The van der Waals surface area contributed by atoms with Gasteiger partial charge in [0.2, 0.25) is 0 Å². The Labute approximate surface area is 160 Å². The number of rotatable bonds is 4. The lowest BCUT2D eigenvalue weighted by molar-refractivity contribution is 0.0992. The topological polar surface area (TPSA) is 50.5 Å². The van der Waals surface area contributed by atoms with E-state index in [2.05, 4.69) is 6.92 Å².